The molecule has 0 radical (unpaired) electrons. The molecule has 1 unspecified atom stereocenters. The van der Waals surface area contributed by atoms with E-state index in [2.05, 4.69) is 5.32 Å². The minimum Gasteiger partial charge on any atom is -0.494 e. The van der Waals surface area contributed by atoms with Gasteiger partial charge in [0.1, 0.15) is 5.75 Å². The first kappa shape index (κ1) is 17.4. The van der Waals surface area contributed by atoms with Crippen LogP contribution in [0.4, 0.5) is 16.2 Å². The Hall–Kier alpha value is -2.99. The Morgan fingerprint density at radius 3 is 2.52 bits per heavy atom. The molecular weight excluding hydrogens is 360 g/mol. The first-order valence-electron chi connectivity index (χ1n) is 8.69. The second-order valence-corrected chi connectivity index (χ2v) is 7.09. The average molecular weight is 378 g/mol. The zero-order valence-corrected chi connectivity index (χ0v) is 15.5. The van der Waals surface area contributed by atoms with E-state index in [1.807, 2.05) is 67.6 Å². The summed E-state index contributed by atoms with van der Waals surface area (Å²) >= 11 is 0.990. The molecule has 27 heavy (non-hydrogen) atoms. The van der Waals surface area contributed by atoms with E-state index in [1.54, 1.807) is 6.07 Å². The molecule has 1 N–H and O–H groups in total. The summed E-state index contributed by atoms with van der Waals surface area (Å²) in [4.78, 5) is 26.8. The number of hydrogen-bond donors (Lipinski definition) is 1. The third kappa shape index (κ3) is 3.36. The third-order valence-electron chi connectivity index (χ3n) is 4.32. The van der Waals surface area contributed by atoms with Crippen molar-refractivity contribution in [3.63, 3.8) is 0 Å². The number of nitrogens with zero attached hydrogens (tertiary/aromatic N) is 1. The zero-order chi connectivity index (χ0) is 18.8. The lowest BCUT2D eigenvalue weighted by atomic mass is 10.1. The summed E-state index contributed by atoms with van der Waals surface area (Å²) in [5, 5.41) is 4.07. The van der Waals surface area contributed by atoms with Crippen molar-refractivity contribution in [1.82, 2.24) is 0 Å². The van der Waals surface area contributed by atoms with E-state index in [0.29, 0.717) is 12.3 Å². The van der Waals surface area contributed by atoms with E-state index >= 15 is 0 Å². The maximum absolute atomic E-state index is 12.9. The number of benzene rings is 3. The molecule has 1 saturated heterocycles. The molecule has 2 amide bonds. The molecule has 1 aliphatic heterocycles. The van der Waals surface area contributed by atoms with Gasteiger partial charge < -0.3 is 10.1 Å². The molecule has 0 spiro atoms. The molecule has 0 aromatic heterocycles. The number of imide groups is 1. The van der Waals surface area contributed by atoms with Gasteiger partial charge in [-0.2, -0.15) is 0 Å². The Morgan fingerprint density at radius 1 is 1.00 bits per heavy atom. The number of amides is 2. The second kappa shape index (κ2) is 7.32. The average Bonchev–Trinajstić information content (AvgIpc) is 2.96. The van der Waals surface area contributed by atoms with Crippen molar-refractivity contribution in [3.05, 3.63) is 66.7 Å². The van der Waals surface area contributed by atoms with Crippen LogP contribution in [0, 0.1) is 0 Å². The van der Waals surface area contributed by atoms with E-state index < -0.39 is 5.37 Å². The molecule has 6 heteroatoms. The van der Waals surface area contributed by atoms with Gasteiger partial charge in [0.05, 0.1) is 12.3 Å². The monoisotopic (exact) mass is 378 g/mol. The quantitative estimate of drug-likeness (QED) is 0.686. The summed E-state index contributed by atoms with van der Waals surface area (Å²) in [5.41, 5.74) is 1.38. The van der Waals surface area contributed by atoms with Gasteiger partial charge in [-0.1, -0.05) is 36.4 Å². The summed E-state index contributed by atoms with van der Waals surface area (Å²) in [6.45, 7) is 2.52. The number of hydrogen-bond acceptors (Lipinski definition) is 5. The van der Waals surface area contributed by atoms with Gasteiger partial charge in [-0.05, 0) is 54.4 Å². The summed E-state index contributed by atoms with van der Waals surface area (Å²) in [5.74, 6) is 0.497. The van der Waals surface area contributed by atoms with Gasteiger partial charge in [-0.15, -0.1) is 0 Å². The molecule has 136 valence electrons. The van der Waals surface area contributed by atoms with Crippen molar-refractivity contribution < 1.29 is 14.3 Å². The highest BCUT2D eigenvalue weighted by Crippen LogP contribution is 2.36. The van der Waals surface area contributed by atoms with Gasteiger partial charge in [0, 0.05) is 11.1 Å². The van der Waals surface area contributed by atoms with Crippen LogP contribution in [0.5, 0.6) is 5.75 Å². The molecule has 1 heterocycles. The minimum atomic E-state index is -0.658. The summed E-state index contributed by atoms with van der Waals surface area (Å²) in [7, 11) is 0. The molecule has 1 fully saturated rings. The van der Waals surface area contributed by atoms with Crippen LogP contribution in [0.25, 0.3) is 10.8 Å². The first-order chi connectivity index (χ1) is 13.2. The highest BCUT2D eigenvalue weighted by Gasteiger charge is 2.41. The number of nitrogens with one attached hydrogen (secondary N) is 1. The molecule has 4 rings (SSSR count). The topological polar surface area (TPSA) is 58.6 Å². The van der Waals surface area contributed by atoms with Gasteiger partial charge in [-0.3, -0.25) is 9.59 Å². The Bertz CT molecular complexity index is 998. The fourth-order valence-electron chi connectivity index (χ4n) is 3.09. The first-order valence-corrected chi connectivity index (χ1v) is 9.57. The molecule has 0 saturated carbocycles. The Balaban J connectivity index is 1.58. The van der Waals surface area contributed by atoms with Crippen LogP contribution < -0.4 is 15.0 Å². The number of anilines is 2. The van der Waals surface area contributed by atoms with E-state index in [4.69, 9.17) is 4.74 Å². The highest BCUT2D eigenvalue weighted by atomic mass is 32.2. The largest absolute Gasteiger partial charge is 0.494 e. The van der Waals surface area contributed by atoms with Crippen LogP contribution in [-0.2, 0) is 4.79 Å². The predicted molar refractivity (Wildman–Crippen MR) is 109 cm³/mol. The van der Waals surface area contributed by atoms with Crippen LogP contribution in [0.2, 0.25) is 0 Å². The Kier molecular flexibility index (Phi) is 4.73. The van der Waals surface area contributed by atoms with E-state index in [1.165, 1.54) is 4.90 Å². The predicted octanol–water partition coefficient (Wildman–Crippen LogP) is 4.88. The Morgan fingerprint density at radius 2 is 1.74 bits per heavy atom. The van der Waals surface area contributed by atoms with Crippen LogP contribution in [-0.4, -0.2) is 23.1 Å². The molecule has 3 aromatic carbocycles. The maximum atomic E-state index is 12.9. The lowest BCUT2D eigenvalue weighted by Gasteiger charge is -2.17. The summed E-state index contributed by atoms with van der Waals surface area (Å²) in [6, 6.07) is 20.7. The molecule has 3 aromatic rings. The van der Waals surface area contributed by atoms with E-state index in [0.717, 1.165) is 34.0 Å². The standard InChI is InChI=1S/C21H18N2O3S/c1-2-26-16-12-10-15(11-13-16)22-19-20(24)23(21(25)27-19)18-9-5-7-14-6-3-4-8-17(14)18/h3-13,19,22H,2H2,1H3. The summed E-state index contributed by atoms with van der Waals surface area (Å²) < 4.78 is 5.42. The summed E-state index contributed by atoms with van der Waals surface area (Å²) in [6.07, 6.45) is 0. The van der Waals surface area contributed by atoms with Crippen LogP contribution >= 0.6 is 11.8 Å². The van der Waals surface area contributed by atoms with E-state index in [9.17, 15) is 9.59 Å². The number of ether oxygens (including phenoxy) is 1. The molecule has 0 aliphatic carbocycles. The van der Waals surface area contributed by atoms with Crippen molar-refractivity contribution in [2.45, 2.75) is 12.3 Å². The third-order valence-corrected chi connectivity index (χ3v) is 5.26. The van der Waals surface area contributed by atoms with Gasteiger partial charge in [0.2, 0.25) is 0 Å². The van der Waals surface area contributed by atoms with Gasteiger partial charge in [0.15, 0.2) is 5.37 Å². The number of fused-ring (bicyclic) bond motifs is 1. The number of rotatable bonds is 5. The van der Waals surface area contributed by atoms with Crippen molar-refractivity contribution in [3.8, 4) is 5.75 Å². The van der Waals surface area contributed by atoms with Crippen LogP contribution in [0.1, 0.15) is 6.92 Å². The Labute approximate surface area is 161 Å². The van der Waals surface area contributed by atoms with Gasteiger partial charge in [0.25, 0.3) is 11.1 Å². The molecule has 1 atom stereocenters. The highest BCUT2D eigenvalue weighted by molar-refractivity contribution is 8.16. The van der Waals surface area contributed by atoms with Crippen molar-refractivity contribution in [2.24, 2.45) is 0 Å². The molecule has 1 aliphatic rings. The second-order valence-electron chi connectivity index (χ2n) is 6.04. The lowest BCUT2D eigenvalue weighted by molar-refractivity contribution is -0.116. The fraction of sp³-hybridized carbons (Fsp3) is 0.143. The molecule has 5 nitrogen and oxygen atoms in total. The smallest absolute Gasteiger partial charge is 0.295 e. The van der Waals surface area contributed by atoms with Crippen LogP contribution in [0.15, 0.2) is 66.7 Å². The normalized spacial score (nSPS) is 16.8. The molecular formula is C21H18N2O3S. The van der Waals surface area contributed by atoms with Crippen LogP contribution in [0.3, 0.4) is 0 Å². The van der Waals surface area contributed by atoms with Gasteiger partial charge >= 0.3 is 0 Å². The maximum Gasteiger partial charge on any atom is 0.295 e. The number of carbonyl (C=O) groups excluding carboxylic acids is 2. The van der Waals surface area contributed by atoms with Crippen molar-refractivity contribution in [1.29, 1.82) is 0 Å². The minimum absolute atomic E-state index is 0.268. The van der Waals surface area contributed by atoms with Crippen molar-refractivity contribution >= 4 is 45.1 Å². The SMILES string of the molecule is CCOc1ccc(NC2SC(=O)N(c3cccc4ccccc34)C2=O)cc1. The van der Waals surface area contributed by atoms with E-state index in [-0.39, 0.29) is 11.1 Å². The number of thioether (sulfide) groups is 1. The zero-order valence-electron chi connectivity index (χ0n) is 14.7. The van der Waals surface area contributed by atoms with Gasteiger partial charge in [-0.25, -0.2) is 4.90 Å². The lowest BCUT2D eigenvalue weighted by Crippen LogP contribution is -2.34. The fourth-order valence-corrected chi connectivity index (χ4v) is 3.98. The van der Waals surface area contributed by atoms with Crippen molar-refractivity contribution in [2.75, 3.05) is 16.8 Å². The molecule has 0 bridgehead atoms. The number of carbonyl (C=O) groups is 2.